The van der Waals surface area contributed by atoms with Crippen LogP contribution in [0, 0.1) is 20.8 Å². The van der Waals surface area contributed by atoms with Gasteiger partial charge in [-0.1, -0.05) is 141 Å². The van der Waals surface area contributed by atoms with Crippen LogP contribution in [-0.2, 0) is 5.41 Å². The van der Waals surface area contributed by atoms with E-state index in [-0.39, 0.29) is 11.3 Å². The van der Waals surface area contributed by atoms with Crippen LogP contribution in [0.2, 0.25) is 0 Å². The summed E-state index contributed by atoms with van der Waals surface area (Å²) in [5.41, 5.74) is 14.8. The van der Waals surface area contributed by atoms with Gasteiger partial charge in [-0.05, 0) is 128 Å². The van der Waals surface area contributed by atoms with Gasteiger partial charge in [-0.25, -0.2) is 4.98 Å². The van der Waals surface area contributed by atoms with Gasteiger partial charge in [-0.3, -0.25) is 9.56 Å². The molecular weight excluding hydrogens is 793 g/mol. The molecule has 2 aromatic heterocycles. The molecule has 0 radical (unpaired) electrons. The Bertz CT molecular complexity index is 3290. The van der Waals surface area contributed by atoms with Crippen LogP contribution in [0.4, 0.5) is 5.69 Å². The van der Waals surface area contributed by atoms with Crippen molar-refractivity contribution in [3.63, 3.8) is 0 Å². The summed E-state index contributed by atoms with van der Waals surface area (Å²) in [6, 6.07) is 61.4. The van der Waals surface area contributed by atoms with E-state index in [1.54, 1.807) is 0 Å². The van der Waals surface area contributed by atoms with Crippen LogP contribution in [0.1, 0.15) is 85.0 Å². The van der Waals surface area contributed by atoms with Crippen molar-refractivity contribution in [2.75, 3.05) is 4.90 Å². The van der Waals surface area contributed by atoms with Crippen LogP contribution in [0.15, 0.2) is 181 Å². The first-order valence-electron chi connectivity index (χ1n) is 22.9. The Morgan fingerprint density at radius 2 is 1.15 bits per heavy atom. The second-order valence-electron chi connectivity index (χ2n) is 19.4. The maximum Gasteiger partial charge on any atom is 0.145 e. The zero-order valence-electron chi connectivity index (χ0n) is 38.5. The lowest BCUT2D eigenvalue weighted by molar-refractivity contribution is 0.279. The number of anilines is 1. The Hall–Kier alpha value is -7.24. The van der Waals surface area contributed by atoms with Crippen molar-refractivity contribution in [2.45, 2.75) is 77.8 Å². The minimum absolute atomic E-state index is 0.0357. The summed E-state index contributed by atoms with van der Waals surface area (Å²) in [5.74, 6) is 2.44. The number of rotatable bonds is 8. The Morgan fingerprint density at radius 3 is 1.83 bits per heavy atom. The second-order valence-corrected chi connectivity index (χ2v) is 19.4. The lowest BCUT2D eigenvalue weighted by Crippen LogP contribution is -2.60. The predicted octanol–water partition coefficient (Wildman–Crippen LogP) is 14.8. The number of amidine groups is 1. The van der Waals surface area contributed by atoms with Gasteiger partial charge >= 0.3 is 0 Å². The van der Waals surface area contributed by atoms with Crippen LogP contribution in [0.5, 0.6) is 11.5 Å². The molecule has 0 N–H and O–H groups in total. The monoisotopic (exact) mass is 846 g/mol. The van der Waals surface area contributed by atoms with Gasteiger partial charge in [0.05, 0.1) is 22.3 Å². The maximum absolute atomic E-state index is 7.25. The van der Waals surface area contributed by atoms with Gasteiger partial charge in [0.25, 0.3) is 0 Å². The summed E-state index contributed by atoms with van der Waals surface area (Å²) in [7, 11) is 0. The number of benzene rings is 7. The lowest BCUT2D eigenvalue weighted by atomic mass is 9.66. The van der Waals surface area contributed by atoms with Gasteiger partial charge in [-0.15, -0.1) is 0 Å². The molecule has 0 aliphatic carbocycles. The molecule has 11 rings (SSSR count). The number of hydrogen-bond acceptors (Lipinski definition) is 4. The average molecular weight is 847 g/mol. The molecule has 1 atom stereocenters. The molecule has 9 aromatic rings. The fraction of sp³-hybridized carbons (Fsp3) is 0.200. The smallest absolute Gasteiger partial charge is 0.145 e. The van der Waals surface area contributed by atoms with Crippen molar-refractivity contribution in [1.82, 2.24) is 9.55 Å². The van der Waals surface area contributed by atoms with E-state index in [4.69, 9.17) is 14.7 Å². The van der Waals surface area contributed by atoms with Crippen molar-refractivity contribution in [3.8, 4) is 28.3 Å². The fourth-order valence-corrected chi connectivity index (χ4v) is 11.2. The molecule has 320 valence electrons. The largest absolute Gasteiger partial charge is 0.457 e. The first-order valence-corrected chi connectivity index (χ1v) is 22.9. The fourth-order valence-electron chi connectivity index (χ4n) is 11.2. The first kappa shape index (κ1) is 40.5. The highest BCUT2D eigenvalue weighted by atomic mass is 16.5. The Labute approximate surface area is 382 Å². The summed E-state index contributed by atoms with van der Waals surface area (Å²) >= 11 is 0. The topological polar surface area (TPSA) is 42.6 Å². The van der Waals surface area contributed by atoms with Crippen LogP contribution < -0.4 is 9.64 Å². The Morgan fingerprint density at radius 1 is 0.538 bits per heavy atom. The van der Waals surface area contributed by atoms with Crippen molar-refractivity contribution in [3.05, 3.63) is 221 Å². The van der Waals surface area contributed by atoms with Crippen LogP contribution in [0.3, 0.4) is 0 Å². The number of fused-ring (bicyclic) bond motifs is 5. The average Bonchev–Trinajstić information content (AvgIpc) is 3.75. The standard InChI is InChI=1S/C60H54N4O/c1-38-21-18-22-39(2)54(38)64-56(62-59(6,7)60(64,8)53(42-25-14-10-15-26-42)43-27-16-11-17-28-43)45-34-44(41-23-12-9-13-24-41)35-46(36-45)65-52-37-51-50(33-40(52)3)58(4,5)49-31-19-29-47-48-30-20-32-61-57(48)63(51)55(47)49/h9-37,53H,1-8H3/t60-/m0/s1. The number of hydrogen-bond donors (Lipinski definition) is 0. The minimum Gasteiger partial charge on any atom is -0.457 e. The van der Waals surface area contributed by atoms with E-state index in [0.717, 1.165) is 56.3 Å². The third-order valence-corrected chi connectivity index (χ3v) is 14.7. The normalized spacial score (nSPS) is 17.1. The highest BCUT2D eigenvalue weighted by Crippen LogP contribution is 2.54. The zero-order valence-corrected chi connectivity index (χ0v) is 38.5. The van der Waals surface area contributed by atoms with Crippen LogP contribution in [-0.4, -0.2) is 26.5 Å². The van der Waals surface area contributed by atoms with Crippen molar-refractivity contribution >= 4 is 33.5 Å². The summed E-state index contributed by atoms with van der Waals surface area (Å²) in [6.07, 6.45) is 1.90. The van der Waals surface area contributed by atoms with Gasteiger partial charge in [-0.2, -0.15) is 0 Å². The van der Waals surface area contributed by atoms with E-state index < -0.39 is 11.1 Å². The highest BCUT2D eigenvalue weighted by Gasteiger charge is 2.58. The second kappa shape index (κ2) is 14.9. The number of aliphatic imine (C=N–C) groups is 1. The molecule has 7 aromatic carbocycles. The molecule has 0 bridgehead atoms. The summed E-state index contributed by atoms with van der Waals surface area (Å²) in [6.45, 7) is 18.4. The van der Waals surface area contributed by atoms with Gasteiger partial charge in [0.15, 0.2) is 0 Å². The molecule has 0 amide bonds. The molecule has 5 nitrogen and oxygen atoms in total. The van der Waals surface area contributed by atoms with Gasteiger partial charge in [0.2, 0.25) is 0 Å². The van der Waals surface area contributed by atoms with E-state index in [1.165, 1.54) is 50.0 Å². The number of pyridine rings is 1. The van der Waals surface area contributed by atoms with Gasteiger partial charge < -0.3 is 9.64 Å². The van der Waals surface area contributed by atoms with Crippen LogP contribution in [0.25, 0.3) is 38.8 Å². The molecule has 5 heteroatoms. The molecule has 0 spiro atoms. The SMILES string of the molecule is Cc1cc2c(cc1Oc1cc(C3=NC(C)(C)[C@](C)(C(c4ccccc4)c4ccccc4)N3c3c(C)cccc3C)cc(-c3ccccc3)c1)-n1c3ncccc3c3cccc(c31)C2(C)C. The number of aromatic nitrogens is 2. The molecule has 0 fully saturated rings. The number of nitrogens with zero attached hydrogens (tertiary/aromatic N) is 4. The van der Waals surface area contributed by atoms with Gasteiger partial charge in [0, 0.05) is 45.6 Å². The lowest BCUT2D eigenvalue weighted by Gasteiger charge is -2.50. The van der Waals surface area contributed by atoms with Crippen molar-refractivity contribution < 1.29 is 4.74 Å². The quantitative estimate of drug-likeness (QED) is 0.153. The van der Waals surface area contributed by atoms with E-state index in [1.807, 2.05) is 12.3 Å². The number of para-hydroxylation sites is 2. The molecule has 0 unspecified atom stereocenters. The van der Waals surface area contributed by atoms with Crippen molar-refractivity contribution in [2.24, 2.45) is 4.99 Å². The highest BCUT2D eigenvalue weighted by molar-refractivity contribution is 6.15. The van der Waals surface area contributed by atoms with Gasteiger partial charge in [0.1, 0.15) is 23.0 Å². The van der Waals surface area contributed by atoms with E-state index >= 15 is 0 Å². The van der Waals surface area contributed by atoms with E-state index in [2.05, 4.69) is 229 Å². The molecule has 0 saturated carbocycles. The summed E-state index contributed by atoms with van der Waals surface area (Å²) in [4.78, 5) is 13.4. The third-order valence-electron chi connectivity index (χ3n) is 14.7. The van der Waals surface area contributed by atoms with Crippen LogP contribution >= 0.6 is 0 Å². The third kappa shape index (κ3) is 6.19. The number of ether oxygens (including phenoxy) is 1. The summed E-state index contributed by atoms with van der Waals surface area (Å²) in [5, 5.41) is 2.37. The molecule has 65 heavy (non-hydrogen) atoms. The zero-order chi connectivity index (χ0) is 44.8. The molecule has 2 aliphatic rings. The Balaban J connectivity index is 1.12. The van der Waals surface area contributed by atoms with E-state index in [9.17, 15) is 0 Å². The molecule has 2 aliphatic heterocycles. The van der Waals surface area contributed by atoms with Crippen molar-refractivity contribution in [1.29, 1.82) is 0 Å². The summed E-state index contributed by atoms with van der Waals surface area (Å²) < 4.78 is 9.60. The maximum atomic E-state index is 7.25. The van der Waals surface area contributed by atoms with E-state index in [0.29, 0.717) is 0 Å². The minimum atomic E-state index is -0.567. The first-order chi connectivity index (χ1) is 31.4. The number of aryl methyl sites for hydroxylation is 3. The molecule has 4 heterocycles. The predicted molar refractivity (Wildman–Crippen MR) is 270 cm³/mol. The Kier molecular flexibility index (Phi) is 9.30. The molecular formula is C60H54N4O. The molecule has 0 saturated heterocycles.